The Morgan fingerprint density at radius 3 is 2.81 bits per heavy atom. The van der Waals surface area contributed by atoms with E-state index in [4.69, 9.17) is 10.3 Å². The zero-order valence-corrected chi connectivity index (χ0v) is 13.1. The third kappa shape index (κ3) is 4.32. The molecule has 0 bridgehead atoms. The topological polar surface area (TPSA) is 71.5 Å². The Bertz CT molecular complexity index is 450. The second kappa shape index (κ2) is 7.61. The predicted octanol–water partition coefficient (Wildman–Crippen LogP) is 2.67. The first-order chi connectivity index (χ1) is 10.1. The lowest BCUT2D eigenvalue weighted by Crippen LogP contribution is -2.35. The molecule has 5 heteroatoms. The van der Waals surface area contributed by atoms with Crippen LogP contribution in [-0.2, 0) is 6.54 Å². The lowest BCUT2D eigenvalue weighted by atomic mass is 10.1. The smallest absolute Gasteiger partial charge is 0.268 e. The highest BCUT2D eigenvalue weighted by molar-refractivity contribution is 5.94. The molecule has 0 saturated heterocycles. The van der Waals surface area contributed by atoms with Crippen molar-refractivity contribution in [3.63, 3.8) is 0 Å². The van der Waals surface area contributed by atoms with Crippen LogP contribution < -0.4 is 11.3 Å². The van der Waals surface area contributed by atoms with Gasteiger partial charge in [-0.25, -0.2) is 5.84 Å². The van der Waals surface area contributed by atoms with Crippen molar-refractivity contribution in [1.29, 1.82) is 0 Å². The number of rotatable bonds is 7. The molecular weight excluding hydrogens is 266 g/mol. The van der Waals surface area contributed by atoms with E-state index in [-0.39, 0.29) is 5.91 Å². The van der Waals surface area contributed by atoms with E-state index in [1.807, 2.05) is 0 Å². The molecule has 0 aromatic carbocycles. The average Bonchev–Trinajstić information content (AvgIpc) is 3.13. The normalized spacial score (nSPS) is 16.0. The summed E-state index contributed by atoms with van der Waals surface area (Å²) >= 11 is 0. The van der Waals surface area contributed by atoms with E-state index in [0.29, 0.717) is 29.8 Å². The number of nitrogens with two attached hydrogens (primary N) is 1. The largest absolute Gasteiger partial charge is 0.467 e. The molecule has 1 fully saturated rings. The molecule has 3 N–H and O–H groups in total. The maximum atomic E-state index is 11.7. The van der Waals surface area contributed by atoms with Gasteiger partial charge in [0.1, 0.15) is 5.76 Å². The highest BCUT2D eigenvalue weighted by Crippen LogP contribution is 2.26. The number of carbonyl (C=O) groups is 1. The molecule has 0 aliphatic heterocycles. The minimum absolute atomic E-state index is 0.283. The summed E-state index contributed by atoms with van der Waals surface area (Å²) in [6.07, 6.45) is 7.83. The van der Waals surface area contributed by atoms with Crippen molar-refractivity contribution in [1.82, 2.24) is 10.3 Å². The van der Waals surface area contributed by atoms with Crippen LogP contribution in [0.1, 0.15) is 62.1 Å². The SMILES string of the molecule is CC(C)CCN(Cc1occc1C(=O)NN)C1CCCC1. The molecule has 0 radical (unpaired) electrons. The summed E-state index contributed by atoms with van der Waals surface area (Å²) in [5, 5.41) is 0. The molecule has 1 aromatic rings. The number of nitrogens with one attached hydrogen (secondary N) is 1. The number of furan rings is 1. The van der Waals surface area contributed by atoms with Crippen LogP contribution in [0.5, 0.6) is 0 Å². The van der Waals surface area contributed by atoms with Crippen molar-refractivity contribution in [3.8, 4) is 0 Å². The van der Waals surface area contributed by atoms with Crippen LogP contribution in [0, 0.1) is 5.92 Å². The second-order valence-corrected chi connectivity index (χ2v) is 6.32. The van der Waals surface area contributed by atoms with Gasteiger partial charge in [-0.2, -0.15) is 0 Å². The molecular formula is C16H27N3O2. The molecule has 2 rings (SSSR count). The van der Waals surface area contributed by atoms with Crippen LogP contribution in [0.4, 0.5) is 0 Å². The average molecular weight is 293 g/mol. The first-order valence-corrected chi connectivity index (χ1v) is 7.93. The summed E-state index contributed by atoms with van der Waals surface area (Å²) in [5.41, 5.74) is 2.73. The van der Waals surface area contributed by atoms with Gasteiger partial charge >= 0.3 is 0 Å². The van der Waals surface area contributed by atoms with Crippen molar-refractivity contribution in [2.24, 2.45) is 11.8 Å². The highest BCUT2D eigenvalue weighted by Gasteiger charge is 2.25. The molecule has 118 valence electrons. The lowest BCUT2D eigenvalue weighted by Gasteiger charge is -2.29. The van der Waals surface area contributed by atoms with Gasteiger partial charge in [0, 0.05) is 6.04 Å². The van der Waals surface area contributed by atoms with Crippen LogP contribution in [0.2, 0.25) is 0 Å². The molecule has 1 saturated carbocycles. The molecule has 1 aromatic heterocycles. The summed E-state index contributed by atoms with van der Waals surface area (Å²) in [4.78, 5) is 14.2. The molecule has 1 heterocycles. The Labute approximate surface area is 126 Å². The van der Waals surface area contributed by atoms with Crippen LogP contribution in [0.25, 0.3) is 0 Å². The third-order valence-electron chi connectivity index (χ3n) is 4.30. The molecule has 21 heavy (non-hydrogen) atoms. The number of carbonyl (C=O) groups excluding carboxylic acids is 1. The van der Waals surface area contributed by atoms with E-state index in [9.17, 15) is 4.79 Å². The Morgan fingerprint density at radius 1 is 1.48 bits per heavy atom. The number of amides is 1. The number of hydrogen-bond acceptors (Lipinski definition) is 4. The monoisotopic (exact) mass is 293 g/mol. The number of nitrogens with zero attached hydrogens (tertiary/aromatic N) is 1. The molecule has 0 atom stereocenters. The van der Waals surface area contributed by atoms with E-state index >= 15 is 0 Å². The van der Waals surface area contributed by atoms with Crippen LogP contribution in [0.15, 0.2) is 16.7 Å². The quantitative estimate of drug-likeness (QED) is 0.460. The van der Waals surface area contributed by atoms with Gasteiger partial charge in [0.2, 0.25) is 0 Å². The fourth-order valence-corrected chi connectivity index (χ4v) is 3.01. The summed E-state index contributed by atoms with van der Waals surface area (Å²) in [6, 6.07) is 2.30. The van der Waals surface area contributed by atoms with Gasteiger partial charge in [0.15, 0.2) is 0 Å². The van der Waals surface area contributed by atoms with Gasteiger partial charge in [-0.1, -0.05) is 26.7 Å². The van der Waals surface area contributed by atoms with Gasteiger partial charge in [0.05, 0.1) is 18.4 Å². The van der Waals surface area contributed by atoms with Gasteiger partial charge in [-0.05, 0) is 37.8 Å². The van der Waals surface area contributed by atoms with Crippen molar-refractivity contribution in [2.75, 3.05) is 6.54 Å². The summed E-state index contributed by atoms with van der Waals surface area (Å²) in [5.74, 6) is 6.34. The van der Waals surface area contributed by atoms with Crippen molar-refractivity contribution in [3.05, 3.63) is 23.7 Å². The van der Waals surface area contributed by atoms with Crippen molar-refractivity contribution < 1.29 is 9.21 Å². The molecule has 1 amide bonds. The Hall–Kier alpha value is -1.33. The molecule has 1 aliphatic carbocycles. The maximum absolute atomic E-state index is 11.7. The molecule has 5 nitrogen and oxygen atoms in total. The predicted molar refractivity (Wildman–Crippen MR) is 82.5 cm³/mol. The zero-order chi connectivity index (χ0) is 15.2. The van der Waals surface area contributed by atoms with E-state index in [0.717, 1.165) is 13.0 Å². The van der Waals surface area contributed by atoms with E-state index in [2.05, 4.69) is 24.2 Å². The zero-order valence-electron chi connectivity index (χ0n) is 13.1. The number of hydrogen-bond donors (Lipinski definition) is 2. The first-order valence-electron chi connectivity index (χ1n) is 7.93. The van der Waals surface area contributed by atoms with Crippen LogP contribution in [-0.4, -0.2) is 23.4 Å². The second-order valence-electron chi connectivity index (χ2n) is 6.32. The van der Waals surface area contributed by atoms with Gasteiger partial charge in [0.25, 0.3) is 5.91 Å². The Kier molecular flexibility index (Phi) is 5.82. The van der Waals surface area contributed by atoms with Crippen molar-refractivity contribution >= 4 is 5.91 Å². The Morgan fingerprint density at radius 2 is 2.19 bits per heavy atom. The van der Waals surface area contributed by atoms with E-state index < -0.39 is 0 Å². The maximum Gasteiger partial charge on any atom is 0.268 e. The first kappa shape index (κ1) is 16.0. The molecule has 1 aliphatic rings. The van der Waals surface area contributed by atoms with E-state index in [1.54, 1.807) is 12.3 Å². The summed E-state index contributed by atoms with van der Waals surface area (Å²) < 4.78 is 5.53. The molecule has 0 spiro atoms. The lowest BCUT2D eigenvalue weighted by molar-refractivity contribution is 0.0947. The number of hydrazine groups is 1. The van der Waals surface area contributed by atoms with Crippen LogP contribution >= 0.6 is 0 Å². The molecule has 0 unspecified atom stereocenters. The highest BCUT2D eigenvalue weighted by atomic mass is 16.3. The standard InChI is InChI=1S/C16H27N3O2/c1-12(2)7-9-19(13-5-3-4-6-13)11-15-14(8-10-21-15)16(20)18-17/h8,10,12-13H,3-7,9,11,17H2,1-2H3,(H,18,20). The van der Waals surface area contributed by atoms with E-state index in [1.165, 1.54) is 25.7 Å². The summed E-state index contributed by atoms with van der Waals surface area (Å²) in [7, 11) is 0. The fraction of sp³-hybridized carbons (Fsp3) is 0.688. The number of nitrogen functional groups attached to an aromatic ring is 1. The van der Waals surface area contributed by atoms with Gasteiger partial charge in [-0.3, -0.25) is 15.1 Å². The minimum atomic E-state index is -0.283. The third-order valence-corrected chi connectivity index (χ3v) is 4.30. The Balaban J connectivity index is 2.06. The minimum Gasteiger partial charge on any atom is -0.467 e. The van der Waals surface area contributed by atoms with Gasteiger partial charge in [-0.15, -0.1) is 0 Å². The summed E-state index contributed by atoms with van der Waals surface area (Å²) in [6.45, 7) is 6.22. The van der Waals surface area contributed by atoms with Crippen LogP contribution in [0.3, 0.4) is 0 Å². The van der Waals surface area contributed by atoms with Crippen molar-refractivity contribution in [2.45, 2.75) is 58.5 Å². The van der Waals surface area contributed by atoms with Gasteiger partial charge < -0.3 is 4.42 Å². The fourth-order valence-electron chi connectivity index (χ4n) is 3.01.